The lowest BCUT2D eigenvalue weighted by Gasteiger charge is -2.41. The Morgan fingerprint density at radius 2 is 1.86 bits per heavy atom. The molecule has 36 heavy (non-hydrogen) atoms. The fourth-order valence-electron chi connectivity index (χ4n) is 3.74. The molecule has 1 aliphatic heterocycles. The minimum absolute atomic E-state index is 0.144. The van der Waals surface area contributed by atoms with Crippen molar-refractivity contribution in [2.24, 2.45) is 0 Å². The highest BCUT2D eigenvalue weighted by Crippen LogP contribution is 2.30. The van der Waals surface area contributed by atoms with Crippen molar-refractivity contribution in [3.63, 3.8) is 0 Å². The van der Waals surface area contributed by atoms with E-state index in [4.69, 9.17) is 4.74 Å². The van der Waals surface area contributed by atoms with E-state index >= 15 is 0 Å². The summed E-state index contributed by atoms with van der Waals surface area (Å²) in [5.74, 6) is -2.08. The summed E-state index contributed by atoms with van der Waals surface area (Å²) in [6.07, 6.45) is -5.50. The Morgan fingerprint density at radius 3 is 2.47 bits per heavy atom. The number of alkyl halides is 3. The normalized spacial score (nSPS) is 15.9. The van der Waals surface area contributed by atoms with E-state index < -0.39 is 42.3 Å². The zero-order valence-electron chi connectivity index (χ0n) is 19.2. The molecular weight excluding hydrogens is 484 g/mol. The molecular formula is C24H22F4N4O4. The molecule has 1 aliphatic rings. The van der Waals surface area contributed by atoms with Gasteiger partial charge in [-0.2, -0.15) is 18.4 Å². The fourth-order valence-corrected chi connectivity index (χ4v) is 3.74. The number of hydrogen-bond donors (Lipinski definition) is 0. The summed E-state index contributed by atoms with van der Waals surface area (Å²) in [5.41, 5.74) is -0.686. The molecule has 2 aromatic carbocycles. The number of carbonyl (C=O) groups excluding carboxylic acids is 3. The van der Waals surface area contributed by atoms with Gasteiger partial charge in [-0.15, -0.1) is 0 Å². The first-order valence-electron chi connectivity index (χ1n) is 10.8. The Labute approximate surface area is 204 Å². The van der Waals surface area contributed by atoms with Crippen LogP contribution in [-0.4, -0.2) is 51.9 Å². The Balaban J connectivity index is 1.79. The van der Waals surface area contributed by atoms with Crippen LogP contribution in [0.25, 0.3) is 0 Å². The summed E-state index contributed by atoms with van der Waals surface area (Å²) in [7, 11) is 0. The third-order valence-corrected chi connectivity index (χ3v) is 5.53. The van der Waals surface area contributed by atoms with E-state index in [1.165, 1.54) is 11.8 Å². The summed E-state index contributed by atoms with van der Waals surface area (Å²) >= 11 is 0. The minimum Gasteiger partial charge on any atom is -0.444 e. The molecule has 0 aliphatic carbocycles. The van der Waals surface area contributed by atoms with Gasteiger partial charge in [-0.05, 0) is 29.3 Å². The van der Waals surface area contributed by atoms with Crippen LogP contribution in [-0.2, 0) is 33.7 Å². The van der Waals surface area contributed by atoms with E-state index in [0.29, 0.717) is 12.1 Å². The van der Waals surface area contributed by atoms with E-state index in [1.54, 1.807) is 36.5 Å². The summed E-state index contributed by atoms with van der Waals surface area (Å²) in [5, 5.41) is 9.54. The molecule has 0 saturated carbocycles. The molecule has 2 aromatic rings. The van der Waals surface area contributed by atoms with Gasteiger partial charge >= 0.3 is 12.3 Å². The van der Waals surface area contributed by atoms with E-state index in [0.717, 1.165) is 21.4 Å². The molecule has 1 atom stereocenters. The van der Waals surface area contributed by atoms with E-state index in [-0.39, 0.29) is 37.5 Å². The largest absolute Gasteiger partial charge is 0.444 e. The maximum absolute atomic E-state index is 13.7. The highest BCUT2D eigenvalue weighted by molar-refractivity contribution is 5.82. The second kappa shape index (κ2) is 11.1. The average Bonchev–Trinajstić information content (AvgIpc) is 2.82. The van der Waals surface area contributed by atoms with Crippen LogP contribution < -0.4 is 0 Å². The highest BCUT2D eigenvalue weighted by Gasteiger charge is 2.39. The molecule has 1 fully saturated rings. The third-order valence-electron chi connectivity index (χ3n) is 5.53. The summed E-state index contributed by atoms with van der Waals surface area (Å²) in [4.78, 5) is 40.7. The van der Waals surface area contributed by atoms with Crippen LogP contribution in [0, 0.1) is 17.3 Å². The third kappa shape index (κ3) is 6.50. The van der Waals surface area contributed by atoms with Crippen molar-refractivity contribution >= 4 is 17.9 Å². The summed E-state index contributed by atoms with van der Waals surface area (Å²) < 4.78 is 57.7. The van der Waals surface area contributed by atoms with Crippen LogP contribution in [0.5, 0.6) is 0 Å². The van der Waals surface area contributed by atoms with Gasteiger partial charge in [0.15, 0.2) is 6.19 Å². The zero-order valence-corrected chi connectivity index (χ0v) is 19.2. The van der Waals surface area contributed by atoms with E-state index in [1.807, 2.05) is 0 Å². The van der Waals surface area contributed by atoms with Gasteiger partial charge in [0.05, 0.1) is 12.1 Å². The van der Waals surface area contributed by atoms with Crippen molar-refractivity contribution in [2.75, 3.05) is 13.1 Å². The molecule has 0 N–H and O–H groups in total. The van der Waals surface area contributed by atoms with Crippen molar-refractivity contribution in [3.05, 3.63) is 71.0 Å². The molecule has 0 aromatic heterocycles. The van der Waals surface area contributed by atoms with Crippen molar-refractivity contribution < 1.29 is 36.7 Å². The predicted octanol–water partition coefficient (Wildman–Crippen LogP) is 3.87. The summed E-state index contributed by atoms with van der Waals surface area (Å²) in [6, 6.07) is 10.7. The number of amides is 3. The number of ether oxygens (including phenoxy) is 1. The standard InChI is InChI=1S/C24H22F4N4O4/c1-16(33)30(12-17-5-3-2-4-6-17)13-21-31(8-7-22(34)32(21)15-29)23(35)36-14-18-9-19(24(26,27)28)11-20(25)10-18/h2-6,9-11,21H,7-8,12-14H2,1H3. The first-order chi connectivity index (χ1) is 17.0. The van der Waals surface area contributed by atoms with Crippen LogP contribution in [0.3, 0.4) is 0 Å². The number of halogens is 4. The molecule has 3 amide bonds. The van der Waals surface area contributed by atoms with Gasteiger partial charge in [-0.3, -0.25) is 14.5 Å². The maximum Gasteiger partial charge on any atom is 0.416 e. The molecule has 3 rings (SSSR count). The van der Waals surface area contributed by atoms with Crippen LogP contribution in [0.4, 0.5) is 22.4 Å². The minimum atomic E-state index is -4.79. The average molecular weight is 506 g/mol. The highest BCUT2D eigenvalue weighted by atomic mass is 19.4. The second-order valence-corrected chi connectivity index (χ2v) is 8.07. The number of nitrogens with zero attached hydrogens (tertiary/aromatic N) is 4. The molecule has 190 valence electrons. The SMILES string of the molecule is CC(=O)N(Cc1ccccc1)CC1N(C#N)C(=O)CCN1C(=O)OCc1cc(F)cc(C(F)(F)F)c1. The molecule has 12 heteroatoms. The molecule has 0 radical (unpaired) electrons. The molecule has 0 spiro atoms. The second-order valence-electron chi connectivity index (χ2n) is 8.07. The lowest BCUT2D eigenvalue weighted by atomic mass is 10.1. The molecule has 8 nitrogen and oxygen atoms in total. The van der Waals surface area contributed by atoms with E-state index in [9.17, 15) is 37.2 Å². The molecule has 0 bridgehead atoms. The molecule has 1 unspecified atom stereocenters. The van der Waals surface area contributed by atoms with Crippen LogP contribution in [0.1, 0.15) is 30.0 Å². The Kier molecular flexibility index (Phi) is 8.14. The van der Waals surface area contributed by atoms with Gasteiger partial charge in [-0.1, -0.05) is 30.3 Å². The first kappa shape index (κ1) is 26.5. The van der Waals surface area contributed by atoms with Gasteiger partial charge < -0.3 is 9.64 Å². The first-order valence-corrected chi connectivity index (χ1v) is 10.8. The molecule has 1 heterocycles. The number of rotatable bonds is 6. The van der Waals surface area contributed by atoms with Crippen molar-refractivity contribution in [3.8, 4) is 6.19 Å². The van der Waals surface area contributed by atoms with E-state index in [2.05, 4.69) is 0 Å². The van der Waals surface area contributed by atoms with Gasteiger partial charge in [-0.25, -0.2) is 14.1 Å². The van der Waals surface area contributed by atoms with Gasteiger partial charge in [0.2, 0.25) is 11.8 Å². The van der Waals surface area contributed by atoms with Gasteiger partial charge in [0.25, 0.3) is 0 Å². The number of nitriles is 1. The van der Waals surface area contributed by atoms with Crippen LogP contribution in [0.2, 0.25) is 0 Å². The quantitative estimate of drug-likeness (QED) is 0.438. The lowest BCUT2D eigenvalue weighted by molar-refractivity contribution is -0.142. The predicted molar refractivity (Wildman–Crippen MR) is 117 cm³/mol. The topological polar surface area (TPSA) is 94.0 Å². The number of benzene rings is 2. The Morgan fingerprint density at radius 1 is 1.17 bits per heavy atom. The van der Waals surface area contributed by atoms with Crippen molar-refractivity contribution in [1.82, 2.24) is 14.7 Å². The monoisotopic (exact) mass is 506 g/mol. The maximum atomic E-state index is 13.7. The summed E-state index contributed by atoms with van der Waals surface area (Å²) in [6.45, 7) is 0.414. The Hall–Kier alpha value is -4.14. The number of carbonyl (C=O) groups is 3. The Bertz CT molecular complexity index is 1170. The van der Waals surface area contributed by atoms with Crippen LogP contribution >= 0.6 is 0 Å². The van der Waals surface area contributed by atoms with Crippen molar-refractivity contribution in [2.45, 2.75) is 38.8 Å². The lowest BCUT2D eigenvalue weighted by Crippen LogP contribution is -2.60. The molecule has 1 saturated heterocycles. The van der Waals surface area contributed by atoms with Gasteiger partial charge in [0, 0.05) is 26.4 Å². The smallest absolute Gasteiger partial charge is 0.416 e. The number of hydrogen-bond acceptors (Lipinski definition) is 5. The van der Waals surface area contributed by atoms with Gasteiger partial charge in [0.1, 0.15) is 18.6 Å². The van der Waals surface area contributed by atoms with Crippen molar-refractivity contribution in [1.29, 1.82) is 5.26 Å². The fraction of sp³-hybridized carbons (Fsp3) is 0.333. The zero-order chi connectivity index (χ0) is 26.5. The van der Waals surface area contributed by atoms with Crippen LogP contribution in [0.15, 0.2) is 48.5 Å².